The van der Waals surface area contributed by atoms with Gasteiger partial charge in [-0.15, -0.1) is 0 Å². The van der Waals surface area contributed by atoms with Crippen LogP contribution in [0.2, 0.25) is 0 Å². The van der Waals surface area contributed by atoms with E-state index in [-0.39, 0.29) is 0 Å². The molecule has 5 heteroatoms. The van der Waals surface area contributed by atoms with Crippen LogP contribution in [0.3, 0.4) is 0 Å². The highest BCUT2D eigenvalue weighted by Crippen LogP contribution is 2.51. The molecule has 3 rings (SSSR count). The number of allylic oxidation sites excluding steroid dienone is 1. The van der Waals surface area contributed by atoms with Crippen molar-refractivity contribution in [3.8, 4) is 0 Å². The number of alkyl halides is 3. The van der Waals surface area contributed by atoms with Gasteiger partial charge in [0.2, 0.25) is 0 Å². The first kappa shape index (κ1) is 21.8. The fourth-order valence-electron chi connectivity index (χ4n) is 4.24. The molecule has 2 nitrogen and oxygen atoms in total. The number of fused-ring (bicyclic) bond motifs is 1. The molecule has 1 fully saturated rings. The first-order valence-electron chi connectivity index (χ1n) is 9.99. The molecule has 0 bridgehead atoms. The Morgan fingerprint density at radius 1 is 1.07 bits per heavy atom. The van der Waals surface area contributed by atoms with Gasteiger partial charge in [0.15, 0.2) is 5.60 Å². The number of hydrogen-bond donors (Lipinski definition) is 1. The number of halogens is 3. The van der Waals surface area contributed by atoms with Gasteiger partial charge < -0.3 is 9.84 Å². The van der Waals surface area contributed by atoms with E-state index in [1.165, 1.54) is 13.8 Å². The van der Waals surface area contributed by atoms with Gasteiger partial charge in [-0.05, 0) is 68.5 Å². The molecule has 0 radical (unpaired) electrons. The van der Waals surface area contributed by atoms with Crippen molar-refractivity contribution in [3.63, 3.8) is 0 Å². The topological polar surface area (TPSA) is 29.5 Å². The normalized spacial score (nSPS) is 19.3. The zero-order valence-electron chi connectivity index (χ0n) is 17.5. The second-order valence-corrected chi connectivity index (χ2v) is 8.91. The zero-order chi connectivity index (χ0) is 21.7. The predicted molar refractivity (Wildman–Crippen MR) is 111 cm³/mol. The molecule has 1 aliphatic rings. The minimum Gasteiger partial charge on any atom is -0.378 e. The number of benzene rings is 2. The lowest BCUT2D eigenvalue weighted by Crippen LogP contribution is -2.61. The first-order valence-corrected chi connectivity index (χ1v) is 9.99. The lowest BCUT2D eigenvalue weighted by atomic mass is 9.82. The van der Waals surface area contributed by atoms with Crippen LogP contribution in [0.4, 0.5) is 13.2 Å². The smallest absolute Gasteiger partial charge is 0.378 e. The summed E-state index contributed by atoms with van der Waals surface area (Å²) < 4.78 is 47.0. The molecule has 158 valence electrons. The standard InChI is InChI=1S/C24H29F3O2/c1-16(2)18-12-11-17-9-8-10-20(19(17)15-18)23(13-6-7-14-23)29-21(3,4)22(5,28)24(25,26)27/h8-12,15,28H,1,6-7,13-14H2,2-5H3. The van der Waals surface area contributed by atoms with E-state index in [0.717, 1.165) is 47.2 Å². The maximum absolute atomic E-state index is 13.6. The third-order valence-electron chi connectivity index (χ3n) is 6.45. The Morgan fingerprint density at radius 3 is 2.24 bits per heavy atom. The van der Waals surface area contributed by atoms with Crippen LogP contribution in [0, 0.1) is 0 Å². The molecule has 0 heterocycles. The van der Waals surface area contributed by atoms with Crippen molar-refractivity contribution in [1.29, 1.82) is 0 Å². The summed E-state index contributed by atoms with van der Waals surface area (Å²) in [4.78, 5) is 0. The molecule has 0 spiro atoms. The minimum atomic E-state index is -4.80. The molecule has 1 N–H and O–H groups in total. The fourth-order valence-corrected chi connectivity index (χ4v) is 4.24. The van der Waals surface area contributed by atoms with Crippen molar-refractivity contribution in [2.45, 2.75) is 76.4 Å². The Balaban J connectivity index is 2.15. The van der Waals surface area contributed by atoms with Crippen LogP contribution < -0.4 is 0 Å². The fraction of sp³-hybridized carbons (Fsp3) is 0.500. The van der Waals surface area contributed by atoms with Gasteiger partial charge in [0, 0.05) is 0 Å². The van der Waals surface area contributed by atoms with Crippen LogP contribution in [0.25, 0.3) is 16.3 Å². The van der Waals surface area contributed by atoms with Crippen LogP contribution in [0.15, 0.2) is 43.0 Å². The van der Waals surface area contributed by atoms with Crippen LogP contribution in [0.5, 0.6) is 0 Å². The van der Waals surface area contributed by atoms with Gasteiger partial charge in [0.1, 0.15) is 5.60 Å². The summed E-state index contributed by atoms with van der Waals surface area (Å²) in [6.07, 6.45) is -1.86. The second-order valence-electron chi connectivity index (χ2n) is 8.91. The summed E-state index contributed by atoms with van der Waals surface area (Å²) in [7, 11) is 0. The number of aliphatic hydroxyl groups is 1. The maximum atomic E-state index is 13.6. The molecule has 1 saturated carbocycles. The van der Waals surface area contributed by atoms with Gasteiger partial charge in [-0.2, -0.15) is 13.2 Å². The quantitative estimate of drug-likeness (QED) is 0.595. The molecule has 1 aliphatic carbocycles. The summed E-state index contributed by atoms with van der Waals surface area (Å²) in [6.45, 7) is 9.37. The Labute approximate surface area is 170 Å². The van der Waals surface area contributed by atoms with E-state index >= 15 is 0 Å². The second kappa shape index (κ2) is 7.13. The molecule has 2 aromatic rings. The molecule has 0 aliphatic heterocycles. The van der Waals surface area contributed by atoms with E-state index in [9.17, 15) is 18.3 Å². The summed E-state index contributed by atoms with van der Waals surface area (Å²) in [5.41, 5.74) is -2.91. The van der Waals surface area contributed by atoms with Crippen molar-refractivity contribution in [2.75, 3.05) is 0 Å². The minimum absolute atomic E-state index is 0.612. The summed E-state index contributed by atoms with van der Waals surface area (Å²) in [5, 5.41) is 12.3. The van der Waals surface area contributed by atoms with Crippen molar-refractivity contribution < 1.29 is 23.0 Å². The number of rotatable bonds is 5. The Bertz CT molecular complexity index is 919. The van der Waals surface area contributed by atoms with Gasteiger partial charge in [0.05, 0.1) is 5.60 Å². The van der Waals surface area contributed by atoms with Gasteiger partial charge in [-0.25, -0.2) is 0 Å². The third kappa shape index (κ3) is 3.71. The SMILES string of the molecule is C=C(C)c1ccc2cccc(C3(OC(C)(C)C(C)(O)C(F)(F)F)CCCC3)c2c1. The first-order chi connectivity index (χ1) is 13.3. The molecule has 0 aromatic heterocycles. The van der Waals surface area contributed by atoms with Crippen LogP contribution in [-0.4, -0.2) is 22.5 Å². The van der Waals surface area contributed by atoms with E-state index in [1.807, 2.05) is 43.3 Å². The monoisotopic (exact) mass is 406 g/mol. The lowest BCUT2D eigenvalue weighted by molar-refractivity contribution is -0.330. The molecular weight excluding hydrogens is 377 g/mol. The summed E-state index contributed by atoms with van der Waals surface area (Å²) >= 11 is 0. The molecular formula is C24H29F3O2. The maximum Gasteiger partial charge on any atom is 0.419 e. The molecule has 29 heavy (non-hydrogen) atoms. The average Bonchev–Trinajstić information content (AvgIpc) is 3.08. The largest absolute Gasteiger partial charge is 0.419 e. The van der Waals surface area contributed by atoms with E-state index in [1.54, 1.807) is 0 Å². The highest BCUT2D eigenvalue weighted by molar-refractivity contribution is 5.89. The highest BCUT2D eigenvalue weighted by atomic mass is 19.4. The van der Waals surface area contributed by atoms with Crippen LogP contribution in [0.1, 0.15) is 64.5 Å². The highest BCUT2D eigenvalue weighted by Gasteiger charge is 2.62. The van der Waals surface area contributed by atoms with Gasteiger partial charge in [-0.1, -0.05) is 55.3 Å². The number of hydrogen-bond acceptors (Lipinski definition) is 2. The Hall–Kier alpha value is -1.85. The van der Waals surface area contributed by atoms with Gasteiger partial charge >= 0.3 is 6.18 Å². The summed E-state index contributed by atoms with van der Waals surface area (Å²) in [5.74, 6) is 0. The van der Waals surface area contributed by atoms with Crippen molar-refractivity contribution in [3.05, 3.63) is 54.1 Å². The van der Waals surface area contributed by atoms with E-state index in [2.05, 4.69) is 6.58 Å². The molecule has 2 aromatic carbocycles. The van der Waals surface area contributed by atoms with Crippen LogP contribution >= 0.6 is 0 Å². The molecule has 1 unspecified atom stereocenters. The zero-order valence-corrected chi connectivity index (χ0v) is 17.5. The van der Waals surface area contributed by atoms with Gasteiger partial charge in [0.25, 0.3) is 0 Å². The van der Waals surface area contributed by atoms with Gasteiger partial charge in [-0.3, -0.25) is 0 Å². The van der Waals surface area contributed by atoms with E-state index in [4.69, 9.17) is 4.74 Å². The van der Waals surface area contributed by atoms with E-state index < -0.39 is 23.0 Å². The lowest BCUT2D eigenvalue weighted by Gasteiger charge is -2.47. The van der Waals surface area contributed by atoms with E-state index in [0.29, 0.717) is 12.8 Å². The van der Waals surface area contributed by atoms with Crippen molar-refractivity contribution in [1.82, 2.24) is 0 Å². The molecule has 0 amide bonds. The Morgan fingerprint density at radius 2 is 1.69 bits per heavy atom. The summed E-state index contributed by atoms with van der Waals surface area (Å²) in [6, 6.07) is 11.9. The molecule has 0 saturated heterocycles. The average molecular weight is 406 g/mol. The van der Waals surface area contributed by atoms with Crippen LogP contribution in [-0.2, 0) is 10.3 Å². The third-order valence-corrected chi connectivity index (χ3v) is 6.45. The predicted octanol–water partition coefficient (Wildman–Crippen LogP) is 6.75. The van der Waals surface area contributed by atoms with Crippen molar-refractivity contribution >= 4 is 16.3 Å². The Kier molecular flexibility index (Phi) is 5.38. The number of ether oxygens (including phenoxy) is 1. The van der Waals surface area contributed by atoms with Crippen molar-refractivity contribution in [2.24, 2.45) is 0 Å². The molecule has 1 atom stereocenters.